The average Bonchev–Trinajstić information content (AvgIpc) is 2.35. The summed E-state index contributed by atoms with van der Waals surface area (Å²) in [7, 11) is 1.51. The molecule has 0 aliphatic heterocycles. The van der Waals surface area contributed by atoms with E-state index in [1.165, 1.54) is 7.05 Å². The van der Waals surface area contributed by atoms with Gasteiger partial charge in [0, 0.05) is 13.0 Å². The molecule has 2 N–H and O–H groups in total. The first-order valence-electron chi connectivity index (χ1n) is 5.78. The van der Waals surface area contributed by atoms with Crippen molar-refractivity contribution < 1.29 is 9.59 Å². The molecule has 98 valence electrons. The summed E-state index contributed by atoms with van der Waals surface area (Å²) < 4.78 is 0. The molecule has 1 unspecified atom stereocenters. The van der Waals surface area contributed by atoms with Gasteiger partial charge >= 0.3 is 0 Å². The van der Waals surface area contributed by atoms with Gasteiger partial charge in [-0.3, -0.25) is 9.59 Å². The number of aromatic nitrogens is 2. The number of carbonyl (C=O) groups is 2. The van der Waals surface area contributed by atoms with Gasteiger partial charge in [0.15, 0.2) is 6.04 Å². The molecule has 1 atom stereocenters. The minimum Gasteiger partial charge on any atom is -0.357 e. The summed E-state index contributed by atoms with van der Waals surface area (Å²) in [4.78, 5) is 23.4. The van der Waals surface area contributed by atoms with Crippen LogP contribution in [0.4, 0.5) is 0 Å². The van der Waals surface area contributed by atoms with Crippen molar-refractivity contribution in [3.63, 3.8) is 0 Å². The Labute approximate surface area is 106 Å². The second kappa shape index (κ2) is 6.09. The van der Waals surface area contributed by atoms with Crippen LogP contribution in [-0.4, -0.2) is 29.1 Å². The summed E-state index contributed by atoms with van der Waals surface area (Å²) in [5.74, 6) is -0.719. The van der Waals surface area contributed by atoms with Crippen LogP contribution in [0.5, 0.6) is 0 Å². The Morgan fingerprint density at radius 3 is 2.28 bits per heavy atom. The van der Waals surface area contributed by atoms with E-state index in [-0.39, 0.29) is 17.7 Å². The molecule has 6 nitrogen and oxygen atoms in total. The third-order valence-corrected chi connectivity index (χ3v) is 2.43. The number of amides is 2. The first-order chi connectivity index (χ1) is 8.45. The van der Waals surface area contributed by atoms with Crippen LogP contribution in [0, 0.1) is 12.8 Å². The first kappa shape index (κ1) is 14.1. The molecule has 1 rings (SSSR count). The van der Waals surface area contributed by atoms with Crippen LogP contribution in [-0.2, 0) is 9.59 Å². The zero-order valence-electron chi connectivity index (χ0n) is 11.0. The number of nitrogens with one attached hydrogen (secondary N) is 2. The Balaban J connectivity index is 2.95. The topological polar surface area (TPSA) is 84.0 Å². The van der Waals surface area contributed by atoms with Crippen LogP contribution >= 0.6 is 0 Å². The summed E-state index contributed by atoms with van der Waals surface area (Å²) >= 11 is 0. The summed E-state index contributed by atoms with van der Waals surface area (Å²) in [5.41, 5.74) is 1.18. The number of hydrogen-bond acceptors (Lipinski definition) is 4. The smallest absolute Gasteiger partial charge is 0.248 e. The monoisotopic (exact) mass is 250 g/mol. The fourth-order valence-electron chi connectivity index (χ4n) is 1.29. The molecular formula is C12H18N4O2. The maximum absolute atomic E-state index is 11.8. The van der Waals surface area contributed by atoms with E-state index >= 15 is 0 Å². The summed E-state index contributed by atoms with van der Waals surface area (Å²) in [5, 5.41) is 13.0. The van der Waals surface area contributed by atoms with Crippen LogP contribution in [0.2, 0.25) is 0 Å². The van der Waals surface area contributed by atoms with Crippen molar-refractivity contribution in [2.45, 2.75) is 26.8 Å². The van der Waals surface area contributed by atoms with Gasteiger partial charge in [-0.25, -0.2) is 0 Å². The van der Waals surface area contributed by atoms with Crippen LogP contribution in [0.3, 0.4) is 0 Å². The molecule has 18 heavy (non-hydrogen) atoms. The van der Waals surface area contributed by atoms with Crippen molar-refractivity contribution in [3.05, 3.63) is 23.5 Å². The molecule has 0 bridgehead atoms. The number of aryl methyl sites for hydroxylation is 1. The Morgan fingerprint density at radius 2 is 1.83 bits per heavy atom. The summed E-state index contributed by atoms with van der Waals surface area (Å²) in [6.45, 7) is 5.33. The minimum atomic E-state index is -0.807. The van der Waals surface area contributed by atoms with Gasteiger partial charge in [0.1, 0.15) is 0 Å². The average molecular weight is 250 g/mol. The van der Waals surface area contributed by atoms with Crippen LogP contribution in [0.15, 0.2) is 12.1 Å². The van der Waals surface area contributed by atoms with E-state index in [2.05, 4.69) is 20.8 Å². The van der Waals surface area contributed by atoms with Gasteiger partial charge in [-0.15, -0.1) is 0 Å². The molecule has 1 aromatic heterocycles. The Bertz CT molecular complexity index is 428. The highest BCUT2D eigenvalue weighted by Crippen LogP contribution is 2.10. The zero-order chi connectivity index (χ0) is 13.7. The van der Waals surface area contributed by atoms with E-state index in [9.17, 15) is 9.59 Å². The second-order valence-electron chi connectivity index (χ2n) is 4.31. The highest BCUT2D eigenvalue weighted by molar-refractivity contribution is 5.88. The van der Waals surface area contributed by atoms with Crippen LogP contribution in [0.25, 0.3) is 0 Å². The third-order valence-electron chi connectivity index (χ3n) is 2.43. The van der Waals surface area contributed by atoms with Crippen LogP contribution in [0.1, 0.15) is 31.3 Å². The molecule has 0 aliphatic carbocycles. The van der Waals surface area contributed by atoms with Gasteiger partial charge in [0.2, 0.25) is 11.8 Å². The lowest BCUT2D eigenvalue weighted by Crippen LogP contribution is -2.41. The van der Waals surface area contributed by atoms with E-state index in [1.807, 2.05) is 0 Å². The second-order valence-corrected chi connectivity index (χ2v) is 4.31. The first-order valence-corrected chi connectivity index (χ1v) is 5.78. The molecule has 1 aromatic rings. The summed E-state index contributed by atoms with van der Waals surface area (Å²) in [6, 6.07) is 2.63. The lowest BCUT2D eigenvalue weighted by Gasteiger charge is -2.17. The van der Waals surface area contributed by atoms with Crippen molar-refractivity contribution in [3.8, 4) is 0 Å². The van der Waals surface area contributed by atoms with E-state index in [1.54, 1.807) is 32.9 Å². The molecule has 0 saturated heterocycles. The summed E-state index contributed by atoms with van der Waals surface area (Å²) in [6.07, 6.45) is 0. The minimum absolute atomic E-state index is 0.199. The van der Waals surface area contributed by atoms with Gasteiger partial charge < -0.3 is 10.6 Å². The van der Waals surface area contributed by atoms with Gasteiger partial charge in [-0.2, -0.15) is 10.2 Å². The van der Waals surface area contributed by atoms with E-state index in [4.69, 9.17) is 0 Å². The van der Waals surface area contributed by atoms with Crippen LogP contribution < -0.4 is 10.6 Å². The van der Waals surface area contributed by atoms with Crippen molar-refractivity contribution in [2.24, 2.45) is 5.92 Å². The highest BCUT2D eigenvalue weighted by Gasteiger charge is 2.24. The normalized spacial score (nSPS) is 12.1. The quantitative estimate of drug-likeness (QED) is 0.807. The molecule has 0 aromatic carbocycles. The molecule has 0 saturated carbocycles. The molecule has 0 radical (unpaired) electrons. The SMILES string of the molecule is CNC(=O)C(NC(=O)C(C)C)c1ccc(C)nn1. The van der Waals surface area contributed by atoms with Crippen molar-refractivity contribution in [2.75, 3.05) is 7.05 Å². The maximum Gasteiger partial charge on any atom is 0.248 e. The van der Waals surface area contributed by atoms with E-state index in [0.717, 1.165) is 5.69 Å². The number of hydrogen-bond donors (Lipinski definition) is 2. The molecule has 0 fully saturated rings. The van der Waals surface area contributed by atoms with Crippen molar-refractivity contribution >= 4 is 11.8 Å². The predicted molar refractivity (Wildman–Crippen MR) is 66.6 cm³/mol. The molecule has 0 aliphatic rings. The number of nitrogens with zero attached hydrogens (tertiary/aromatic N) is 2. The van der Waals surface area contributed by atoms with E-state index < -0.39 is 6.04 Å². The molecular weight excluding hydrogens is 232 g/mol. The lowest BCUT2D eigenvalue weighted by atomic mass is 10.1. The molecule has 2 amide bonds. The van der Waals surface area contributed by atoms with Gasteiger partial charge in [0.25, 0.3) is 0 Å². The number of carbonyl (C=O) groups excluding carboxylic acids is 2. The Kier molecular flexibility index (Phi) is 4.76. The van der Waals surface area contributed by atoms with Gasteiger partial charge in [0.05, 0.1) is 11.4 Å². The molecule has 6 heteroatoms. The van der Waals surface area contributed by atoms with E-state index in [0.29, 0.717) is 5.69 Å². The maximum atomic E-state index is 11.8. The zero-order valence-corrected chi connectivity index (χ0v) is 11.0. The fraction of sp³-hybridized carbons (Fsp3) is 0.500. The predicted octanol–water partition coefficient (Wildman–Crippen LogP) is 0.344. The number of rotatable bonds is 4. The fourth-order valence-corrected chi connectivity index (χ4v) is 1.29. The van der Waals surface area contributed by atoms with Crippen molar-refractivity contribution in [1.29, 1.82) is 0 Å². The Hall–Kier alpha value is -1.98. The van der Waals surface area contributed by atoms with Gasteiger partial charge in [-0.05, 0) is 19.1 Å². The highest BCUT2D eigenvalue weighted by atomic mass is 16.2. The molecule has 0 spiro atoms. The lowest BCUT2D eigenvalue weighted by molar-refractivity contribution is -0.130. The third kappa shape index (κ3) is 3.51. The number of likely N-dealkylation sites (N-methyl/N-ethyl adjacent to an activating group) is 1. The Morgan fingerprint density at radius 1 is 1.17 bits per heavy atom. The largest absolute Gasteiger partial charge is 0.357 e. The van der Waals surface area contributed by atoms with Gasteiger partial charge in [-0.1, -0.05) is 13.8 Å². The standard InChI is InChI=1S/C12H18N4O2/c1-7(2)11(17)14-10(12(18)13-4)9-6-5-8(3)15-16-9/h5-7,10H,1-4H3,(H,13,18)(H,14,17). The molecule has 1 heterocycles. The van der Waals surface area contributed by atoms with Crippen molar-refractivity contribution in [1.82, 2.24) is 20.8 Å².